The van der Waals surface area contributed by atoms with Crippen molar-refractivity contribution < 1.29 is 0 Å². The number of nitrogens with zero attached hydrogens (tertiary/aromatic N) is 4. The molecule has 3 N–H and O–H groups in total. The lowest BCUT2D eigenvalue weighted by molar-refractivity contribution is 0.494. The summed E-state index contributed by atoms with van der Waals surface area (Å²) in [5, 5.41) is 7.51. The minimum absolute atomic E-state index is 0.328. The molecule has 1 aliphatic heterocycles. The number of piperidine rings is 1. The van der Waals surface area contributed by atoms with Crippen LogP contribution in [0.15, 0.2) is 48.8 Å². The summed E-state index contributed by atoms with van der Waals surface area (Å²) in [5.41, 5.74) is 9.35. The van der Waals surface area contributed by atoms with E-state index in [1.54, 1.807) is 6.20 Å². The third-order valence-electron chi connectivity index (χ3n) is 4.64. The minimum Gasteiger partial charge on any atom is -0.368 e. The van der Waals surface area contributed by atoms with Crippen molar-refractivity contribution in [2.24, 2.45) is 0 Å². The van der Waals surface area contributed by atoms with E-state index in [0.717, 1.165) is 31.7 Å². The van der Waals surface area contributed by atoms with E-state index in [-0.39, 0.29) is 0 Å². The molecule has 0 saturated carbocycles. The summed E-state index contributed by atoms with van der Waals surface area (Å²) in [5.74, 6) is 1.72. The zero-order valence-corrected chi connectivity index (χ0v) is 13.4. The molecule has 6 heteroatoms. The van der Waals surface area contributed by atoms with E-state index < -0.39 is 0 Å². The summed E-state index contributed by atoms with van der Waals surface area (Å²) < 4.78 is 0. The van der Waals surface area contributed by atoms with Crippen molar-refractivity contribution in [2.75, 3.05) is 23.7 Å². The first-order valence-corrected chi connectivity index (χ1v) is 8.23. The van der Waals surface area contributed by atoms with Gasteiger partial charge in [0.05, 0.1) is 6.20 Å². The molecule has 0 unspecified atom stereocenters. The molecule has 0 aliphatic carbocycles. The average Bonchev–Trinajstić information content (AvgIpc) is 3.12. The predicted molar refractivity (Wildman–Crippen MR) is 94.7 cm³/mol. The van der Waals surface area contributed by atoms with Crippen molar-refractivity contribution in [2.45, 2.75) is 18.8 Å². The molecule has 122 valence electrons. The van der Waals surface area contributed by atoms with Gasteiger partial charge in [-0.2, -0.15) is 10.1 Å². The van der Waals surface area contributed by atoms with Crippen LogP contribution in [0.5, 0.6) is 0 Å². The van der Waals surface area contributed by atoms with Crippen LogP contribution < -0.4 is 10.6 Å². The van der Waals surface area contributed by atoms with Gasteiger partial charge in [0, 0.05) is 36.5 Å². The van der Waals surface area contributed by atoms with Crippen LogP contribution in [-0.4, -0.2) is 33.3 Å². The fourth-order valence-electron chi connectivity index (χ4n) is 3.39. The Morgan fingerprint density at radius 2 is 1.88 bits per heavy atom. The van der Waals surface area contributed by atoms with Crippen molar-refractivity contribution in [3.05, 3.63) is 54.5 Å². The molecule has 0 bridgehead atoms. The van der Waals surface area contributed by atoms with Gasteiger partial charge in [-0.3, -0.25) is 5.10 Å². The van der Waals surface area contributed by atoms with Gasteiger partial charge in [0.25, 0.3) is 0 Å². The lowest BCUT2D eigenvalue weighted by Gasteiger charge is -2.32. The fraction of sp³-hybridized carbons (Fsp3) is 0.278. The lowest BCUT2D eigenvalue weighted by Crippen LogP contribution is -2.33. The zero-order valence-electron chi connectivity index (χ0n) is 13.4. The predicted octanol–water partition coefficient (Wildman–Crippen LogP) is 2.83. The quantitative estimate of drug-likeness (QED) is 0.775. The Balaban J connectivity index is 1.50. The van der Waals surface area contributed by atoms with E-state index in [9.17, 15) is 0 Å². The third-order valence-corrected chi connectivity index (χ3v) is 4.64. The Kier molecular flexibility index (Phi) is 3.86. The molecule has 1 aliphatic rings. The lowest BCUT2D eigenvalue weighted by atomic mass is 9.89. The van der Waals surface area contributed by atoms with E-state index in [1.807, 2.05) is 18.3 Å². The summed E-state index contributed by atoms with van der Waals surface area (Å²) in [4.78, 5) is 10.6. The first-order chi connectivity index (χ1) is 11.8. The maximum Gasteiger partial charge on any atom is 0.221 e. The van der Waals surface area contributed by atoms with E-state index in [0.29, 0.717) is 11.9 Å². The minimum atomic E-state index is 0.328. The van der Waals surface area contributed by atoms with Gasteiger partial charge in [0.15, 0.2) is 0 Å². The maximum atomic E-state index is 5.69. The standard InChI is InChI=1S/C18H20N6/c19-18-20-9-6-16(22-18)24-10-7-14(8-11-24)17-15(12-21-23-17)13-4-2-1-3-5-13/h1-6,9,12,14H,7-8,10-11H2,(H,21,23)(H2,19,20,22). The van der Waals surface area contributed by atoms with Crippen LogP contribution in [-0.2, 0) is 0 Å². The largest absolute Gasteiger partial charge is 0.368 e. The number of rotatable bonds is 3. The summed E-state index contributed by atoms with van der Waals surface area (Å²) >= 11 is 0. The van der Waals surface area contributed by atoms with E-state index >= 15 is 0 Å². The number of hydrogen-bond acceptors (Lipinski definition) is 5. The van der Waals surface area contributed by atoms with Gasteiger partial charge in [-0.15, -0.1) is 0 Å². The van der Waals surface area contributed by atoms with Crippen LogP contribution in [0, 0.1) is 0 Å². The van der Waals surface area contributed by atoms with Crippen LogP contribution in [0.25, 0.3) is 11.1 Å². The molecule has 3 heterocycles. The SMILES string of the molecule is Nc1nccc(N2CCC(c3[nH]ncc3-c3ccccc3)CC2)n1. The summed E-state index contributed by atoms with van der Waals surface area (Å²) in [7, 11) is 0. The number of aromatic nitrogens is 4. The van der Waals surface area contributed by atoms with Crippen molar-refractivity contribution in [1.82, 2.24) is 20.2 Å². The Morgan fingerprint density at radius 1 is 1.08 bits per heavy atom. The molecule has 3 aromatic rings. The number of nitrogen functional groups attached to an aromatic ring is 1. The van der Waals surface area contributed by atoms with Crippen molar-refractivity contribution in [3.63, 3.8) is 0 Å². The van der Waals surface area contributed by atoms with Gasteiger partial charge < -0.3 is 10.6 Å². The molecule has 1 aromatic carbocycles. The molecule has 0 radical (unpaired) electrons. The molecule has 6 nitrogen and oxygen atoms in total. The Hall–Kier alpha value is -2.89. The first-order valence-electron chi connectivity index (χ1n) is 8.23. The maximum absolute atomic E-state index is 5.69. The monoisotopic (exact) mass is 320 g/mol. The van der Waals surface area contributed by atoms with Gasteiger partial charge in [0.1, 0.15) is 5.82 Å². The topological polar surface area (TPSA) is 83.7 Å². The zero-order chi connectivity index (χ0) is 16.4. The van der Waals surface area contributed by atoms with Crippen LogP contribution in [0.1, 0.15) is 24.5 Å². The number of anilines is 2. The van der Waals surface area contributed by atoms with Crippen molar-refractivity contribution in [3.8, 4) is 11.1 Å². The second-order valence-corrected chi connectivity index (χ2v) is 6.10. The Morgan fingerprint density at radius 3 is 2.62 bits per heavy atom. The van der Waals surface area contributed by atoms with Crippen LogP contribution in [0.4, 0.5) is 11.8 Å². The van der Waals surface area contributed by atoms with Gasteiger partial charge >= 0.3 is 0 Å². The van der Waals surface area contributed by atoms with Crippen LogP contribution in [0.2, 0.25) is 0 Å². The summed E-state index contributed by atoms with van der Waals surface area (Å²) in [6.45, 7) is 1.91. The second kappa shape index (κ2) is 6.31. The highest BCUT2D eigenvalue weighted by Gasteiger charge is 2.25. The number of nitrogens with one attached hydrogen (secondary N) is 1. The smallest absolute Gasteiger partial charge is 0.221 e. The third kappa shape index (κ3) is 2.82. The second-order valence-electron chi connectivity index (χ2n) is 6.10. The molecule has 0 spiro atoms. The number of H-pyrrole nitrogens is 1. The van der Waals surface area contributed by atoms with Gasteiger partial charge in [-0.1, -0.05) is 30.3 Å². The Bertz CT molecular complexity index is 805. The normalized spacial score (nSPS) is 15.6. The molecule has 4 rings (SSSR count). The summed E-state index contributed by atoms with van der Waals surface area (Å²) in [6, 6.07) is 12.3. The molecule has 1 saturated heterocycles. The van der Waals surface area contributed by atoms with E-state index in [1.165, 1.54) is 16.8 Å². The van der Waals surface area contributed by atoms with Crippen molar-refractivity contribution in [1.29, 1.82) is 0 Å². The van der Waals surface area contributed by atoms with Gasteiger partial charge in [0.2, 0.25) is 5.95 Å². The van der Waals surface area contributed by atoms with Gasteiger partial charge in [-0.05, 0) is 24.5 Å². The number of hydrogen-bond donors (Lipinski definition) is 2. The summed E-state index contributed by atoms with van der Waals surface area (Å²) in [6.07, 6.45) is 5.77. The number of nitrogens with two attached hydrogens (primary N) is 1. The van der Waals surface area contributed by atoms with Crippen LogP contribution in [0.3, 0.4) is 0 Å². The molecule has 2 aromatic heterocycles. The van der Waals surface area contributed by atoms with E-state index in [2.05, 4.69) is 49.3 Å². The highest BCUT2D eigenvalue weighted by Crippen LogP contribution is 2.34. The molecule has 24 heavy (non-hydrogen) atoms. The highest BCUT2D eigenvalue weighted by molar-refractivity contribution is 5.65. The van der Waals surface area contributed by atoms with Crippen LogP contribution >= 0.6 is 0 Å². The molecule has 0 amide bonds. The average molecular weight is 320 g/mol. The first kappa shape index (κ1) is 14.7. The number of benzene rings is 1. The molecule has 0 atom stereocenters. The molecule has 1 fully saturated rings. The van der Waals surface area contributed by atoms with Gasteiger partial charge in [-0.25, -0.2) is 4.98 Å². The van der Waals surface area contributed by atoms with E-state index in [4.69, 9.17) is 5.73 Å². The molecular weight excluding hydrogens is 300 g/mol. The Labute approximate surface area is 140 Å². The highest BCUT2D eigenvalue weighted by atomic mass is 15.2. The number of aromatic amines is 1. The van der Waals surface area contributed by atoms with Crippen molar-refractivity contribution >= 4 is 11.8 Å². The molecular formula is C18H20N6. The fourth-order valence-corrected chi connectivity index (χ4v) is 3.39.